The molecule has 0 fully saturated rings. The Morgan fingerprint density at radius 2 is 1.05 bits per heavy atom. The van der Waals surface area contributed by atoms with Gasteiger partial charge in [-0.3, -0.25) is 0 Å². The van der Waals surface area contributed by atoms with Gasteiger partial charge >= 0.3 is 0 Å². The number of rotatable bonds is 2. The van der Waals surface area contributed by atoms with Crippen molar-refractivity contribution < 1.29 is 49.8 Å². The molecule has 0 N–H and O–H groups in total. The molecule has 0 saturated heterocycles. The molecular weight excluding hydrogens is 448 g/mol. The van der Waals surface area contributed by atoms with E-state index in [-0.39, 0.29) is 21.1 Å². The number of ether oxygens (including phenoxy) is 1. The average Bonchev–Trinajstić information content (AvgIpc) is 2.59. The van der Waals surface area contributed by atoms with Crippen LogP contribution in [0.1, 0.15) is 11.1 Å². The van der Waals surface area contributed by atoms with E-state index >= 15 is 0 Å². The van der Waals surface area contributed by atoms with Crippen molar-refractivity contribution in [3.8, 4) is 0 Å². The van der Waals surface area contributed by atoms with Gasteiger partial charge in [-0.25, -0.2) is 0 Å². The molecule has 0 radical (unpaired) electrons. The predicted octanol–water partition coefficient (Wildman–Crippen LogP) is 1.21. The van der Waals surface area contributed by atoms with Crippen LogP contribution in [0.4, 0.5) is 0 Å². The predicted molar refractivity (Wildman–Crippen MR) is 77.5 cm³/mol. The van der Waals surface area contributed by atoms with Crippen LogP contribution in [0.2, 0.25) is 0 Å². The van der Waals surface area contributed by atoms with E-state index in [0.717, 1.165) is 0 Å². The molecule has 1 rings (SSSR count). The summed E-state index contributed by atoms with van der Waals surface area (Å²) in [5, 5.41) is 0. The summed E-state index contributed by atoms with van der Waals surface area (Å²) in [6, 6.07) is 8.35. The molecule has 0 bridgehead atoms. The maximum atomic E-state index is 8.00. The van der Waals surface area contributed by atoms with Crippen LogP contribution in [-0.4, -0.2) is 41.1 Å². The summed E-state index contributed by atoms with van der Waals surface area (Å²) in [5.41, 5.74) is 2.52. The van der Waals surface area contributed by atoms with E-state index < -0.39 is 0 Å². The van der Waals surface area contributed by atoms with Crippen molar-refractivity contribution in [2.45, 2.75) is 13.5 Å². The summed E-state index contributed by atoms with van der Waals surface area (Å²) in [5.74, 6) is 0. The third-order valence-corrected chi connectivity index (χ3v) is 1.43. The molecule has 0 unspecified atom stereocenters. The zero-order valence-corrected chi connectivity index (χ0v) is 15.3. The van der Waals surface area contributed by atoms with E-state index in [1.807, 2.05) is 33.9 Å². The number of hydrogen-bond donors (Lipinski definition) is 0. The van der Waals surface area contributed by atoms with E-state index in [2.05, 4.69) is 31.2 Å². The standard InChI is InChI=1S/C9H12O.5CH2O.W/c1-8-3-5-9(6-4-8)7-10-2;5*1-2;/h3-6H,7H2,1-2H3;5*1H2;. The van der Waals surface area contributed by atoms with Gasteiger partial charge in [0.05, 0.1) is 6.61 Å². The molecule has 1 aromatic carbocycles. The average molecular weight is 470 g/mol. The molecule has 0 atom stereocenters. The number of carbonyl (C=O) groups is 5. The first kappa shape index (κ1) is 36.5. The third kappa shape index (κ3) is 38.1. The molecule has 6 nitrogen and oxygen atoms in total. The van der Waals surface area contributed by atoms with Gasteiger partial charge in [0.15, 0.2) is 0 Å². The zero-order chi connectivity index (χ0) is 17.4. The van der Waals surface area contributed by atoms with Crippen LogP contribution in [0.3, 0.4) is 0 Å². The van der Waals surface area contributed by atoms with Crippen molar-refractivity contribution in [3.63, 3.8) is 0 Å². The Morgan fingerprint density at radius 1 is 0.762 bits per heavy atom. The van der Waals surface area contributed by atoms with Crippen LogP contribution in [0, 0.1) is 6.92 Å². The Balaban J connectivity index is -0.0000000440. The van der Waals surface area contributed by atoms with Crippen LogP contribution in [0.25, 0.3) is 0 Å². The maximum absolute atomic E-state index is 8.00. The number of hydrogen-bond acceptors (Lipinski definition) is 6. The fraction of sp³-hybridized carbons (Fsp3) is 0.214. The van der Waals surface area contributed by atoms with Gasteiger partial charge in [-0.05, 0) is 12.5 Å². The quantitative estimate of drug-likeness (QED) is 0.646. The molecule has 0 saturated carbocycles. The van der Waals surface area contributed by atoms with Gasteiger partial charge in [0.2, 0.25) is 0 Å². The van der Waals surface area contributed by atoms with Crippen molar-refractivity contribution >= 4 is 33.9 Å². The number of aryl methyl sites for hydroxylation is 1. The smallest absolute Gasteiger partial charge is 0.106 e. The Hall–Kier alpha value is -1.78. The van der Waals surface area contributed by atoms with Gasteiger partial charge in [0, 0.05) is 28.2 Å². The zero-order valence-electron chi connectivity index (χ0n) is 12.4. The van der Waals surface area contributed by atoms with Crippen molar-refractivity contribution in [2.24, 2.45) is 0 Å². The van der Waals surface area contributed by atoms with E-state index in [9.17, 15) is 0 Å². The largest absolute Gasteiger partial charge is 0.380 e. The normalized spacial score (nSPS) is 5.62. The number of benzene rings is 1. The van der Waals surface area contributed by atoms with E-state index in [0.29, 0.717) is 6.61 Å². The first-order valence-electron chi connectivity index (χ1n) is 4.82. The van der Waals surface area contributed by atoms with Crippen molar-refractivity contribution in [1.82, 2.24) is 0 Å². The second-order valence-electron chi connectivity index (χ2n) is 2.42. The van der Waals surface area contributed by atoms with Crippen LogP contribution < -0.4 is 0 Å². The maximum Gasteiger partial charge on any atom is 0.106 e. The molecular formula is C14H22O6W. The topological polar surface area (TPSA) is 94.6 Å². The summed E-state index contributed by atoms with van der Waals surface area (Å²) in [6.45, 7) is 12.8. The third-order valence-electron chi connectivity index (χ3n) is 1.43. The molecule has 0 aliphatic carbocycles. The second kappa shape index (κ2) is 51.7. The summed E-state index contributed by atoms with van der Waals surface area (Å²) < 4.78 is 4.97. The molecule has 1 aromatic rings. The summed E-state index contributed by atoms with van der Waals surface area (Å²) >= 11 is 0. The van der Waals surface area contributed by atoms with Crippen LogP contribution in [-0.2, 0) is 56.4 Å². The first-order valence-corrected chi connectivity index (χ1v) is 4.82. The number of carbonyl (C=O) groups excluding carboxylic acids is 5. The Morgan fingerprint density at radius 3 is 1.29 bits per heavy atom. The molecule has 120 valence electrons. The Kier molecular flexibility index (Phi) is 89.9. The van der Waals surface area contributed by atoms with Gasteiger partial charge in [0.1, 0.15) is 33.9 Å². The van der Waals surface area contributed by atoms with E-state index in [1.165, 1.54) is 11.1 Å². The molecule has 0 aliphatic rings. The molecule has 0 amide bonds. The first-order chi connectivity index (χ1) is 9.83. The second-order valence-corrected chi connectivity index (χ2v) is 2.42. The Labute approximate surface area is 140 Å². The monoisotopic (exact) mass is 470 g/mol. The Bertz CT molecular complexity index is 257. The van der Waals surface area contributed by atoms with Gasteiger partial charge in [-0.1, -0.05) is 29.8 Å². The minimum atomic E-state index is 0. The minimum absolute atomic E-state index is 0. The van der Waals surface area contributed by atoms with Gasteiger partial charge in [-0.2, -0.15) is 0 Å². The molecule has 0 spiro atoms. The summed E-state index contributed by atoms with van der Waals surface area (Å²) in [6.07, 6.45) is 0. The van der Waals surface area contributed by atoms with E-state index in [4.69, 9.17) is 28.7 Å². The van der Waals surface area contributed by atoms with Gasteiger partial charge < -0.3 is 28.7 Å². The molecule has 0 aliphatic heterocycles. The molecule has 0 aromatic heterocycles. The summed E-state index contributed by atoms with van der Waals surface area (Å²) in [7, 11) is 1.71. The van der Waals surface area contributed by atoms with Gasteiger partial charge in [0.25, 0.3) is 0 Å². The fourth-order valence-corrected chi connectivity index (χ4v) is 0.851. The van der Waals surface area contributed by atoms with Crippen LogP contribution >= 0.6 is 0 Å². The van der Waals surface area contributed by atoms with Crippen molar-refractivity contribution in [3.05, 3.63) is 35.4 Å². The van der Waals surface area contributed by atoms with Crippen molar-refractivity contribution in [2.75, 3.05) is 7.11 Å². The summed E-state index contributed by atoms with van der Waals surface area (Å²) in [4.78, 5) is 40.0. The van der Waals surface area contributed by atoms with E-state index in [1.54, 1.807) is 7.11 Å². The van der Waals surface area contributed by atoms with Crippen molar-refractivity contribution in [1.29, 1.82) is 0 Å². The molecule has 21 heavy (non-hydrogen) atoms. The minimum Gasteiger partial charge on any atom is -0.380 e. The SMILES string of the molecule is C=O.C=O.C=O.C=O.C=O.COCc1ccc(C)cc1.[W]. The van der Waals surface area contributed by atoms with Gasteiger partial charge in [-0.15, -0.1) is 0 Å². The van der Waals surface area contributed by atoms with Crippen LogP contribution in [0.15, 0.2) is 24.3 Å². The molecule has 0 heterocycles. The fourth-order valence-electron chi connectivity index (χ4n) is 0.851. The molecule has 7 heteroatoms. The number of methoxy groups -OCH3 is 1. The van der Waals surface area contributed by atoms with Crippen LogP contribution in [0.5, 0.6) is 0 Å².